The molecule has 11 heteroatoms. The second-order valence-corrected chi connectivity index (χ2v) is 6.47. The third-order valence-corrected chi connectivity index (χ3v) is 3.53. The lowest BCUT2D eigenvalue weighted by Gasteiger charge is -2.21. The van der Waals surface area contributed by atoms with Crippen molar-refractivity contribution < 1.29 is 24.3 Å². The molecule has 1 heterocycles. The molecule has 1 aromatic rings. The molecule has 0 aliphatic rings. The van der Waals surface area contributed by atoms with Crippen molar-refractivity contribution in [1.29, 1.82) is 0 Å². The highest BCUT2D eigenvalue weighted by Gasteiger charge is 2.25. The molecule has 3 amide bonds. The third-order valence-electron chi connectivity index (χ3n) is 3.53. The van der Waals surface area contributed by atoms with E-state index in [4.69, 9.17) is 10.8 Å². The van der Waals surface area contributed by atoms with Crippen LogP contribution in [0.15, 0.2) is 12.5 Å². The SMILES string of the molecule is CC(C)CC(N)C(=O)NC(Cc1cnc[nH]1)C(=O)NCC(=O)NCC(=O)O. The van der Waals surface area contributed by atoms with Gasteiger partial charge in [-0.25, -0.2) is 4.98 Å². The normalized spacial score (nSPS) is 12.9. The summed E-state index contributed by atoms with van der Waals surface area (Å²) in [7, 11) is 0. The number of carbonyl (C=O) groups is 4. The van der Waals surface area contributed by atoms with Gasteiger partial charge in [-0.1, -0.05) is 13.8 Å². The zero-order valence-corrected chi connectivity index (χ0v) is 15.3. The Bertz CT molecular complexity index is 646. The van der Waals surface area contributed by atoms with Crippen molar-refractivity contribution in [1.82, 2.24) is 25.9 Å². The number of H-pyrrole nitrogens is 1. The molecule has 0 aromatic carbocycles. The van der Waals surface area contributed by atoms with Gasteiger partial charge in [0, 0.05) is 18.3 Å². The summed E-state index contributed by atoms with van der Waals surface area (Å²) in [4.78, 5) is 53.3. The summed E-state index contributed by atoms with van der Waals surface area (Å²) in [6.45, 7) is 2.89. The van der Waals surface area contributed by atoms with Crippen LogP contribution >= 0.6 is 0 Å². The topological polar surface area (TPSA) is 179 Å². The van der Waals surface area contributed by atoms with E-state index in [9.17, 15) is 19.2 Å². The minimum absolute atomic E-state index is 0.128. The van der Waals surface area contributed by atoms with Crippen molar-refractivity contribution in [2.24, 2.45) is 11.7 Å². The maximum absolute atomic E-state index is 12.4. The Morgan fingerprint density at radius 2 is 1.89 bits per heavy atom. The van der Waals surface area contributed by atoms with E-state index in [0.29, 0.717) is 12.1 Å². The molecule has 0 aliphatic carbocycles. The number of nitrogens with zero attached hydrogens (tertiary/aromatic N) is 1. The number of carbonyl (C=O) groups excluding carboxylic acids is 3. The van der Waals surface area contributed by atoms with Crippen molar-refractivity contribution in [2.75, 3.05) is 13.1 Å². The average molecular weight is 382 g/mol. The maximum atomic E-state index is 12.4. The number of aromatic nitrogens is 2. The monoisotopic (exact) mass is 382 g/mol. The number of nitrogens with two attached hydrogens (primary N) is 1. The largest absolute Gasteiger partial charge is 0.480 e. The van der Waals surface area contributed by atoms with E-state index in [1.807, 2.05) is 13.8 Å². The Kier molecular flexibility index (Phi) is 8.93. The quantitative estimate of drug-likeness (QED) is 0.259. The molecule has 0 saturated carbocycles. The van der Waals surface area contributed by atoms with Crippen LogP contribution in [0.2, 0.25) is 0 Å². The summed E-state index contributed by atoms with van der Waals surface area (Å²) < 4.78 is 0. The number of hydrogen-bond acceptors (Lipinski definition) is 6. The standard InChI is InChI=1S/C16H26N6O5/c1-9(2)3-11(17)15(26)22-12(4-10-5-18-8-21-10)16(27)20-6-13(23)19-7-14(24)25/h5,8-9,11-12H,3-4,6-7,17H2,1-2H3,(H,18,21)(H,19,23)(H,20,27)(H,22,26)(H,24,25). The van der Waals surface area contributed by atoms with E-state index in [1.165, 1.54) is 12.5 Å². The van der Waals surface area contributed by atoms with Gasteiger partial charge in [-0.3, -0.25) is 19.2 Å². The predicted molar refractivity (Wildman–Crippen MR) is 95.3 cm³/mol. The van der Waals surface area contributed by atoms with Crippen LogP contribution in [0.1, 0.15) is 26.0 Å². The fourth-order valence-corrected chi connectivity index (χ4v) is 2.25. The summed E-state index contributed by atoms with van der Waals surface area (Å²) in [6, 6.07) is -1.73. The Hall–Kier alpha value is -2.95. The van der Waals surface area contributed by atoms with E-state index in [-0.39, 0.29) is 12.3 Å². The number of amides is 3. The van der Waals surface area contributed by atoms with Crippen molar-refractivity contribution in [3.05, 3.63) is 18.2 Å². The van der Waals surface area contributed by atoms with Crippen molar-refractivity contribution in [3.63, 3.8) is 0 Å². The summed E-state index contributed by atoms with van der Waals surface area (Å²) in [5, 5.41) is 15.6. The molecule has 0 aliphatic heterocycles. The van der Waals surface area contributed by atoms with Crippen LogP contribution in [0.25, 0.3) is 0 Å². The first kappa shape index (κ1) is 22.1. The molecule has 2 unspecified atom stereocenters. The molecule has 0 radical (unpaired) electrons. The van der Waals surface area contributed by atoms with Crippen LogP contribution in [0.5, 0.6) is 0 Å². The lowest BCUT2D eigenvalue weighted by Crippen LogP contribution is -2.54. The molecule has 1 aromatic heterocycles. The molecular weight excluding hydrogens is 356 g/mol. The fraction of sp³-hybridized carbons (Fsp3) is 0.562. The molecule has 0 spiro atoms. The fourth-order valence-electron chi connectivity index (χ4n) is 2.25. The van der Waals surface area contributed by atoms with Gasteiger partial charge in [-0.05, 0) is 12.3 Å². The highest BCUT2D eigenvalue weighted by molar-refractivity contribution is 5.92. The number of carboxylic acids is 1. The van der Waals surface area contributed by atoms with Gasteiger partial charge < -0.3 is 31.8 Å². The Labute approximate surface area is 156 Å². The first-order valence-corrected chi connectivity index (χ1v) is 8.48. The summed E-state index contributed by atoms with van der Waals surface area (Å²) >= 11 is 0. The molecule has 0 saturated heterocycles. The van der Waals surface area contributed by atoms with Crippen molar-refractivity contribution >= 4 is 23.7 Å². The molecule has 7 N–H and O–H groups in total. The number of imidazole rings is 1. The lowest BCUT2D eigenvalue weighted by atomic mass is 10.0. The Balaban J connectivity index is 2.67. The van der Waals surface area contributed by atoms with Gasteiger partial charge in [0.15, 0.2) is 0 Å². The van der Waals surface area contributed by atoms with Gasteiger partial charge in [0.05, 0.1) is 18.9 Å². The van der Waals surface area contributed by atoms with Crippen LogP contribution in [0.4, 0.5) is 0 Å². The maximum Gasteiger partial charge on any atom is 0.322 e. The number of aliphatic carboxylic acids is 1. The van der Waals surface area contributed by atoms with Crippen LogP contribution in [0.3, 0.4) is 0 Å². The summed E-state index contributed by atoms with van der Waals surface area (Å²) in [5.74, 6) is -2.71. The van der Waals surface area contributed by atoms with E-state index >= 15 is 0 Å². The first-order valence-electron chi connectivity index (χ1n) is 8.48. The van der Waals surface area contributed by atoms with Crippen molar-refractivity contribution in [2.45, 2.75) is 38.8 Å². The van der Waals surface area contributed by atoms with Crippen LogP contribution < -0.4 is 21.7 Å². The van der Waals surface area contributed by atoms with Crippen molar-refractivity contribution in [3.8, 4) is 0 Å². The minimum Gasteiger partial charge on any atom is -0.480 e. The van der Waals surface area contributed by atoms with Gasteiger partial charge in [0.25, 0.3) is 0 Å². The Morgan fingerprint density at radius 1 is 1.19 bits per heavy atom. The third kappa shape index (κ3) is 8.81. The Morgan fingerprint density at radius 3 is 2.44 bits per heavy atom. The molecule has 1 rings (SSSR count). The molecule has 11 nitrogen and oxygen atoms in total. The molecule has 2 atom stereocenters. The van der Waals surface area contributed by atoms with Gasteiger partial charge in [-0.2, -0.15) is 0 Å². The van der Waals surface area contributed by atoms with E-state index in [0.717, 1.165) is 0 Å². The molecule has 0 bridgehead atoms. The predicted octanol–water partition coefficient (Wildman–Crippen LogP) is -1.87. The number of hydrogen-bond donors (Lipinski definition) is 6. The van der Waals surface area contributed by atoms with E-state index in [1.54, 1.807) is 0 Å². The minimum atomic E-state index is -1.20. The van der Waals surface area contributed by atoms with E-state index < -0.39 is 48.9 Å². The highest BCUT2D eigenvalue weighted by atomic mass is 16.4. The molecule has 150 valence electrons. The molecular formula is C16H26N6O5. The molecule has 0 fully saturated rings. The van der Waals surface area contributed by atoms with Gasteiger partial charge in [0.2, 0.25) is 17.7 Å². The number of carboxylic acid groups (broad SMARTS) is 1. The number of aromatic amines is 1. The zero-order chi connectivity index (χ0) is 20.4. The number of nitrogens with one attached hydrogen (secondary N) is 4. The van der Waals surface area contributed by atoms with Gasteiger partial charge in [-0.15, -0.1) is 0 Å². The highest BCUT2D eigenvalue weighted by Crippen LogP contribution is 2.04. The van der Waals surface area contributed by atoms with Crippen LogP contribution in [-0.2, 0) is 25.6 Å². The smallest absolute Gasteiger partial charge is 0.322 e. The summed E-state index contributed by atoms with van der Waals surface area (Å²) in [6.07, 6.45) is 3.54. The first-order chi connectivity index (χ1) is 12.7. The molecule has 27 heavy (non-hydrogen) atoms. The average Bonchev–Trinajstić information content (AvgIpc) is 3.09. The lowest BCUT2D eigenvalue weighted by molar-refractivity contribution is -0.138. The second kappa shape index (κ2) is 10.9. The van der Waals surface area contributed by atoms with Gasteiger partial charge >= 0.3 is 5.97 Å². The van der Waals surface area contributed by atoms with Crippen LogP contribution in [-0.4, -0.2) is 63.9 Å². The second-order valence-electron chi connectivity index (χ2n) is 6.47. The van der Waals surface area contributed by atoms with Gasteiger partial charge in [0.1, 0.15) is 12.6 Å². The zero-order valence-electron chi connectivity index (χ0n) is 15.3. The van der Waals surface area contributed by atoms with E-state index in [2.05, 4.69) is 25.9 Å². The summed E-state index contributed by atoms with van der Waals surface area (Å²) in [5.41, 5.74) is 6.46. The van der Waals surface area contributed by atoms with Crippen LogP contribution in [0, 0.1) is 5.92 Å². The number of rotatable bonds is 11.